The van der Waals surface area contributed by atoms with E-state index in [0.29, 0.717) is 6.07 Å². The van der Waals surface area contributed by atoms with Gasteiger partial charge in [0.15, 0.2) is 11.5 Å². The highest BCUT2D eigenvalue weighted by Crippen LogP contribution is 2.38. The maximum Gasteiger partial charge on any atom is 0.573 e. The van der Waals surface area contributed by atoms with Crippen LogP contribution in [0.5, 0.6) is 23.0 Å². The molecule has 0 aliphatic carbocycles. The van der Waals surface area contributed by atoms with Crippen LogP contribution in [0.1, 0.15) is 30.5 Å². The van der Waals surface area contributed by atoms with Crippen LogP contribution in [0, 0.1) is 12.7 Å². The number of hydrogen-bond acceptors (Lipinski definition) is 6. The summed E-state index contributed by atoms with van der Waals surface area (Å²) in [7, 11) is -3.10. The second kappa shape index (κ2) is 9.65. The number of amides is 2. The Bertz CT molecular complexity index is 1330. The predicted octanol–water partition coefficient (Wildman–Crippen LogP) is 4.58. The molecule has 1 heterocycles. The summed E-state index contributed by atoms with van der Waals surface area (Å²) >= 11 is 0. The van der Waals surface area contributed by atoms with Crippen LogP contribution in [0.4, 0.5) is 23.2 Å². The van der Waals surface area contributed by atoms with Gasteiger partial charge in [-0.1, -0.05) is 6.07 Å². The zero-order valence-electron chi connectivity index (χ0n) is 20.2. The number of pyridine rings is 1. The highest BCUT2D eigenvalue weighted by molar-refractivity contribution is 6.06. The quantitative estimate of drug-likeness (QED) is 0.477. The monoisotopic (exact) mass is 482 g/mol. The summed E-state index contributed by atoms with van der Waals surface area (Å²) in [6.45, 7) is 1.37. The number of primary amides is 1. The van der Waals surface area contributed by atoms with E-state index in [1.54, 1.807) is 0 Å². The smallest absolute Gasteiger partial charge is 0.493 e. The minimum Gasteiger partial charge on any atom is -0.493 e. The molecule has 0 saturated heterocycles. The number of nitrogens with zero attached hydrogens (tertiary/aromatic N) is 1. The van der Waals surface area contributed by atoms with Gasteiger partial charge in [-0.05, 0) is 42.8 Å². The molecule has 3 rings (SSSR count). The molecule has 0 atom stereocenters. The number of benzene rings is 2. The van der Waals surface area contributed by atoms with Crippen LogP contribution in [-0.4, -0.2) is 30.2 Å². The van der Waals surface area contributed by atoms with E-state index in [0.717, 1.165) is 18.3 Å². The number of nitrogens with one attached hydrogen (secondary N) is 1. The average Bonchev–Trinajstić information content (AvgIpc) is 2.76. The molecular weight excluding hydrogens is 462 g/mol. The number of aromatic nitrogens is 1. The van der Waals surface area contributed by atoms with E-state index in [-0.39, 0.29) is 16.9 Å². The summed E-state index contributed by atoms with van der Waals surface area (Å²) < 4.78 is 88.7. The highest BCUT2D eigenvalue weighted by atomic mass is 19.4. The standard InChI is InChI=1S/C22H17F4N3O5/c1-11-3-7-16(33-15-8-5-13(9-17(15)32-2)34-22(24,25)26)18(19(11)23)21(31)29-12-4-6-14(20(27)30)28-10-12/h3-10H,1-2H3,(H2,27,30)(H,29,31)/i2D3. The van der Waals surface area contributed by atoms with Crippen molar-refractivity contribution in [2.24, 2.45) is 5.73 Å². The molecule has 3 aromatic rings. The van der Waals surface area contributed by atoms with Gasteiger partial charge in [-0.2, -0.15) is 0 Å². The Morgan fingerprint density at radius 2 is 1.82 bits per heavy atom. The van der Waals surface area contributed by atoms with Gasteiger partial charge >= 0.3 is 6.36 Å². The molecule has 1 aromatic heterocycles. The van der Waals surface area contributed by atoms with E-state index in [1.165, 1.54) is 31.2 Å². The molecule has 0 bridgehead atoms. The molecule has 0 spiro atoms. The van der Waals surface area contributed by atoms with Crippen molar-refractivity contribution in [3.63, 3.8) is 0 Å². The Morgan fingerprint density at radius 3 is 2.44 bits per heavy atom. The third-order valence-electron chi connectivity index (χ3n) is 4.28. The van der Waals surface area contributed by atoms with Gasteiger partial charge in [0, 0.05) is 6.07 Å². The van der Waals surface area contributed by atoms with Crippen LogP contribution in [0.2, 0.25) is 0 Å². The van der Waals surface area contributed by atoms with Crippen molar-refractivity contribution in [3.8, 4) is 23.0 Å². The Balaban J connectivity index is 1.99. The Morgan fingerprint density at radius 1 is 1.09 bits per heavy atom. The first kappa shape index (κ1) is 20.3. The van der Waals surface area contributed by atoms with Crippen LogP contribution >= 0.6 is 0 Å². The van der Waals surface area contributed by atoms with E-state index in [1.807, 2.05) is 0 Å². The third kappa shape index (κ3) is 5.71. The number of hydrogen-bond donors (Lipinski definition) is 2. The first-order chi connectivity index (χ1) is 17.1. The number of alkyl halides is 3. The van der Waals surface area contributed by atoms with Gasteiger partial charge in [0.2, 0.25) is 0 Å². The molecular formula is C22H17F4N3O5. The average molecular weight is 482 g/mol. The number of carbonyl (C=O) groups excluding carboxylic acids is 2. The SMILES string of the molecule is [2H]C([2H])([2H])Oc1cc(OC(F)(F)F)ccc1Oc1ccc(C)c(F)c1C(=O)Nc1ccc(C(N)=O)nc1. The van der Waals surface area contributed by atoms with Gasteiger partial charge in [-0.3, -0.25) is 9.59 Å². The second-order valence-corrected chi connectivity index (χ2v) is 6.68. The molecule has 178 valence electrons. The zero-order valence-corrected chi connectivity index (χ0v) is 17.2. The molecule has 0 aliphatic heterocycles. The maximum absolute atomic E-state index is 15.0. The number of carbonyl (C=O) groups is 2. The molecule has 3 N–H and O–H groups in total. The minimum atomic E-state index is -5.07. The summed E-state index contributed by atoms with van der Waals surface area (Å²) in [5.74, 6) is -5.18. The fourth-order valence-corrected chi connectivity index (χ4v) is 2.73. The van der Waals surface area contributed by atoms with E-state index < -0.39 is 59.6 Å². The molecule has 0 aliphatic rings. The van der Waals surface area contributed by atoms with Crippen molar-refractivity contribution < 1.29 is 45.5 Å². The summed E-state index contributed by atoms with van der Waals surface area (Å²) in [5.41, 5.74) is 4.54. The first-order valence-electron chi connectivity index (χ1n) is 10.8. The van der Waals surface area contributed by atoms with Crippen LogP contribution in [0.15, 0.2) is 48.7 Å². The minimum absolute atomic E-state index is 0.0487. The topological polar surface area (TPSA) is 113 Å². The number of aryl methyl sites for hydroxylation is 1. The summed E-state index contributed by atoms with van der Waals surface area (Å²) in [6, 6.07) is 7.30. The lowest BCUT2D eigenvalue weighted by Gasteiger charge is -2.16. The summed E-state index contributed by atoms with van der Waals surface area (Å²) in [6.07, 6.45) is -3.97. The van der Waals surface area contributed by atoms with Gasteiger partial charge in [-0.15, -0.1) is 13.2 Å². The number of rotatable bonds is 7. The summed E-state index contributed by atoms with van der Waals surface area (Å²) in [5, 5.41) is 2.37. The maximum atomic E-state index is 15.0. The van der Waals surface area contributed by atoms with E-state index in [9.17, 15) is 22.8 Å². The van der Waals surface area contributed by atoms with Gasteiger partial charge in [-0.25, -0.2) is 9.37 Å². The van der Waals surface area contributed by atoms with Crippen molar-refractivity contribution in [1.29, 1.82) is 0 Å². The number of methoxy groups -OCH3 is 1. The van der Waals surface area contributed by atoms with Crippen molar-refractivity contribution in [2.45, 2.75) is 13.3 Å². The lowest BCUT2D eigenvalue weighted by atomic mass is 10.1. The molecule has 2 amide bonds. The van der Waals surface area contributed by atoms with Gasteiger partial charge in [0.25, 0.3) is 11.8 Å². The van der Waals surface area contributed by atoms with Gasteiger partial charge < -0.3 is 25.3 Å². The van der Waals surface area contributed by atoms with Crippen molar-refractivity contribution >= 4 is 17.5 Å². The first-order valence-corrected chi connectivity index (χ1v) is 9.26. The largest absolute Gasteiger partial charge is 0.573 e. The lowest BCUT2D eigenvalue weighted by molar-refractivity contribution is -0.274. The normalized spacial score (nSPS) is 12.7. The number of ether oxygens (including phenoxy) is 3. The van der Waals surface area contributed by atoms with Crippen molar-refractivity contribution in [1.82, 2.24) is 4.98 Å². The van der Waals surface area contributed by atoms with Crippen LogP contribution in [-0.2, 0) is 0 Å². The molecule has 0 radical (unpaired) electrons. The van der Waals surface area contributed by atoms with E-state index in [2.05, 4.69) is 15.0 Å². The Labute approximate surface area is 194 Å². The van der Waals surface area contributed by atoms with Crippen molar-refractivity contribution in [3.05, 3.63) is 71.3 Å². The molecule has 12 heteroatoms. The molecule has 34 heavy (non-hydrogen) atoms. The van der Waals surface area contributed by atoms with Crippen LogP contribution in [0.25, 0.3) is 0 Å². The fourth-order valence-electron chi connectivity index (χ4n) is 2.73. The molecule has 0 unspecified atom stereocenters. The van der Waals surface area contributed by atoms with Gasteiger partial charge in [0.05, 0.1) is 23.0 Å². The molecule has 2 aromatic carbocycles. The molecule has 8 nitrogen and oxygen atoms in total. The predicted molar refractivity (Wildman–Crippen MR) is 112 cm³/mol. The van der Waals surface area contributed by atoms with E-state index >= 15 is 4.39 Å². The number of nitrogens with two attached hydrogens (primary N) is 1. The number of halogens is 4. The van der Waals surface area contributed by atoms with E-state index in [4.69, 9.17) is 19.3 Å². The van der Waals surface area contributed by atoms with Crippen molar-refractivity contribution in [2.75, 3.05) is 12.4 Å². The Hall–Kier alpha value is -4.35. The number of anilines is 1. The highest BCUT2D eigenvalue weighted by Gasteiger charge is 2.31. The lowest BCUT2D eigenvalue weighted by Crippen LogP contribution is -2.17. The molecule has 0 saturated carbocycles. The second-order valence-electron chi connectivity index (χ2n) is 6.68. The van der Waals surface area contributed by atoms with Gasteiger partial charge in [0.1, 0.15) is 28.6 Å². The molecule has 0 fully saturated rings. The van der Waals surface area contributed by atoms with Crippen LogP contribution < -0.4 is 25.3 Å². The summed E-state index contributed by atoms with van der Waals surface area (Å²) in [4.78, 5) is 27.8. The fraction of sp³-hybridized carbons (Fsp3) is 0.136. The Kier molecular flexibility index (Phi) is 5.75. The van der Waals surface area contributed by atoms with Crippen LogP contribution in [0.3, 0.4) is 0 Å². The zero-order chi connectivity index (χ0) is 27.5. The third-order valence-corrected chi connectivity index (χ3v) is 4.28.